The van der Waals surface area contributed by atoms with E-state index in [0.29, 0.717) is 17.7 Å². The third-order valence-electron chi connectivity index (χ3n) is 4.32. The summed E-state index contributed by atoms with van der Waals surface area (Å²) in [6.07, 6.45) is 0.667. The summed E-state index contributed by atoms with van der Waals surface area (Å²) >= 11 is 0. The van der Waals surface area contributed by atoms with Crippen LogP contribution in [0.5, 0.6) is 0 Å². The third-order valence-corrected chi connectivity index (χ3v) is 4.32. The molecule has 0 aliphatic heterocycles. The molecule has 2 aromatic rings. The second-order valence-electron chi connectivity index (χ2n) is 7.30. The van der Waals surface area contributed by atoms with Crippen LogP contribution < -0.4 is 16.4 Å². The second kappa shape index (κ2) is 9.69. The Balaban J connectivity index is 2.09. The number of amides is 3. The number of hydrogen-bond acceptors (Lipinski definition) is 3. The lowest BCUT2D eigenvalue weighted by molar-refractivity contribution is -0.118. The zero-order valence-corrected chi connectivity index (χ0v) is 16.5. The number of carbonyl (C=O) groups is 3. The minimum absolute atomic E-state index is 0.149. The van der Waals surface area contributed by atoms with Crippen LogP contribution in [0.3, 0.4) is 0 Å². The molecule has 1 atom stereocenters. The van der Waals surface area contributed by atoms with Gasteiger partial charge in [0.1, 0.15) is 6.04 Å². The molecule has 0 heterocycles. The Labute approximate surface area is 165 Å². The molecule has 0 saturated carbocycles. The Bertz CT molecular complexity index is 844. The molecule has 28 heavy (non-hydrogen) atoms. The standard InChI is InChI=1S/C22H27N3O3/c1-14(2)12-19(25-21(27)18-7-5-4-6-15(18)3)22(28)24-17-10-8-16(9-11-17)13-20(23)26/h4-11,14,19H,12-13H2,1-3H3,(H2,23,26)(H,24,28)(H,25,27). The van der Waals surface area contributed by atoms with Crippen LogP contribution in [0.2, 0.25) is 0 Å². The Morgan fingerprint density at radius 2 is 1.64 bits per heavy atom. The summed E-state index contributed by atoms with van der Waals surface area (Å²) in [5.74, 6) is -0.729. The highest BCUT2D eigenvalue weighted by atomic mass is 16.2. The molecular formula is C22H27N3O3. The van der Waals surface area contributed by atoms with Crippen molar-refractivity contribution in [1.82, 2.24) is 5.32 Å². The van der Waals surface area contributed by atoms with Gasteiger partial charge in [-0.25, -0.2) is 0 Å². The molecule has 0 radical (unpaired) electrons. The largest absolute Gasteiger partial charge is 0.369 e. The lowest BCUT2D eigenvalue weighted by atomic mass is 10.0. The molecule has 0 saturated heterocycles. The van der Waals surface area contributed by atoms with Crippen molar-refractivity contribution in [2.24, 2.45) is 11.7 Å². The monoisotopic (exact) mass is 381 g/mol. The highest BCUT2D eigenvalue weighted by Crippen LogP contribution is 2.14. The van der Waals surface area contributed by atoms with E-state index in [1.807, 2.05) is 32.9 Å². The zero-order valence-electron chi connectivity index (χ0n) is 16.5. The number of benzene rings is 2. The van der Waals surface area contributed by atoms with Crippen LogP contribution in [-0.4, -0.2) is 23.8 Å². The molecule has 6 nitrogen and oxygen atoms in total. The molecule has 0 aromatic heterocycles. The average Bonchev–Trinajstić information content (AvgIpc) is 2.62. The van der Waals surface area contributed by atoms with Gasteiger partial charge in [0.25, 0.3) is 5.91 Å². The van der Waals surface area contributed by atoms with Gasteiger partial charge in [0.05, 0.1) is 6.42 Å². The van der Waals surface area contributed by atoms with Crippen molar-refractivity contribution in [3.05, 3.63) is 65.2 Å². The van der Waals surface area contributed by atoms with Crippen molar-refractivity contribution in [2.75, 3.05) is 5.32 Å². The molecule has 0 fully saturated rings. The van der Waals surface area contributed by atoms with Crippen LogP contribution in [0.15, 0.2) is 48.5 Å². The van der Waals surface area contributed by atoms with Crippen LogP contribution in [0.1, 0.15) is 41.8 Å². The van der Waals surface area contributed by atoms with Gasteiger partial charge in [-0.3, -0.25) is 14.4 Å². The fourth-order valence-electron chi connectivity index (χ4n) is 2.90. The normalized spacial score (nSPS) is 11.7. The number of hydrogen-bond donors (Lipinski definition) is 3. The number of nitrogens with two attached hydrogens (primary N) is 1. The predicted octanol–water partition coefficient (Wildman–Crippen LogP) is 2.81. The summed E-state index contributed by atoms with van der Waals surface area (Å²) in [4.78, 5) is 36.4. The lowest BCUT2D eigenvalue weighted by Crippen LogP contribution is -2.44. The molecule has 148 valence electrons. The van der Waals surface area contributed by atoms with Crippen molar-refractivity contribution in [1.29, 1.82) is 0 Å². The molecule has 2 rings (SSSR count). The second-order valence-corrected chi connectivity index (χ2v) is 7.30. The first kappa shape index (κ1) is 21.2. The molecule has 1 unspecified atom stereocenters. The van der Waals surface area contributed by atoms with Crippen LogP contribution in [0.4, 0.5) is 5.69 Å². The van der Waals surface area contributed by atoms with E-state index in [1.54, 1.807) is 36.4 Å². The first-order chi connectivity index (χ1) is 13.3. The summed E-state index contributed by atoms with van der Waals surface area (Å²) < 4.78 is 0. The predicted molar refractivity (Wildman–Crippen MR) is 110 cm³/mol. The van der Waals surface area contributed by atoms with E-state index in [0.717, 1.165) is 11.1 Å². The Morgan fingerprint density at radius 1 is 1.00 bits per heavy atom. The lowest BCUT2D eigenvalue weighted by Gasteiger charge is -2.21. The molecule has 4 N–H and O–H groups in total. The molecule has 0 spiro atoms. The Hall–Kier alpha value is -3.15. The first-order valence-electron chi connectivity index (χ1n) is 9.31. The van der Waals surface area contributed by atoms with E-state index in [4.69, 9.17) is 5.73 Å². The number of nitrogens with one attached hydrogen (secondary N) is 2. The van der Waals surface area contributed by atoms with Gasteiger partial charge in [0.2, 0.25) is 11.8 Å². The van der Waals surface area contributed by atoms with Crippen molar-refractivity contribution < 1.29 is 14.4 Å². The van der Waals surface area contributed by atoms with Crippen LogP contribution >= 0.6 is 0 Å². The molecule has 6 heteroatoms. The first-order valence-corrected chi connectivity index (χ1v) is 9.31. The third kappa shape index (κ3) is 6.23. The van der Waals surface area contributed by atoms with Gasteiger partial charge in [-0.1, -0.05) is 44.2 Å². The van der Waals surface area contributed by atoms with Gasteiger partial charge in [-0.15, -0.1) is 0 Å². The minimum atomic E-state index is -0.655. The van der Waals surface area contributed by atoms with Gasteiger partial charge < -0.3 is 16.4 Å². The smallest absolute Gasteiger partial charge is 0.252 e. The number of rotatable bonds is 8. The Morgan fingerprint density at radius 3 is 2.21 bits per heavy atom. The van der Waals surface area contributed by atoms with Gasteiger partial charge in [0.15, 0.2) is 0 Å². The van der Waals surface area contributed by atoms with Crippen LogP contribution in [0.25, 0.3) is 0 Å². The van der Waals surface area contributed by atoms with E-state index in [2.05, 4.69) is 10.6 Å². The maximum Gasteiger partial charge on any atom is 0.252 e. The summed E-state index contributed by atoms with van der Waals surface area (Å²) in [7, 11) is 0. The molecule has 0 aliphatic carbocycles. The summed E-state index contributed by atoms with van der Waals surface area (Å²) in [5, 5.41) is 5.68. The Kier molecular flexibility index (Phi) is 7.32. The average molecular weight is 381 g/mol. The maximum atomic E-state index is 12.8. The van der Waals surface area contributed by atoms with E-state index in [1.165, 1.54) is 0 Å². The number of primary amides is 1. The zero-order chi connectivity index (χ0) is 20.7. The van der Waals surface area contributed by atoms with Crippen molar-refractivity contribution >= 4 is 23.4 Å². The summed E-state index contributed by atoms with van der Waals surface area (Å²) in [6.45, 7) is 5.86. The summed E-state index contributed by atoms with van der Waals surface area (Å²) in [5.41, 5.74) is 7.97. The van der Waals surface area contributed by atoms with Gasteiger partial charge >= 0.3 is 0 Å². The minimum Gasteiger partial charge on any atom is -0.369 e. The number of anilines is 1. The highest BCUT2D eigenvalue weighted by molar-refractivity contribution is 6.01. The SMILES string of the molecule is Cc1ccccc1C(=O)NC(CC(C)C)C(=O)Nc1ccc(CC(N)=O)cc1. The molecule has 3 amide bonds. The van der Waals surface area contributed by atoms with Gasteiger partial charge in [-0.2, -0.15) is 0 Å². The topological polar surface area (TPSA) is 101 Å². The number of aryl methyl sites for hydroxylation is 1. The van der Waals surface area contributed by atoms with Gasteiger partial charge in [-0.05, 0) is 48.6 Å². The van der Waals surface area contributed by atoms with Gasteiger partial charge in [0, 0.05) is 11.3 Å². The van der Waals surface area contributed by atoms with E-state index < -0.39 is 11.9 Å². The van der Waals surface area contributed by atoms with E-state index >= 15 is 0 Å². The van der Waals surface area contributed by atoms with Crippen LogP contribution in [-0.2, 0) is 16.0 Å². The summed E-state index contributed by atoms with van der Waals surface area (Å²) in [6, 6.07) is 13.5. The van der Waals surface area contributed by atoms with Crippen molar-refractivity contribution in [3.8, 4) is 0 Å². The van der Waals surface area contributed by atoms with E-state index in [9.17, 15) is 14.4 Å². The molecule has 2 aromatic carbocycles. The quantitative estimate of drug-likeness (QED) is 0.655. The van der Waals surface area contributed by atoms with Crippen molar-refractivity contribution in [3.63, 3.8) is 0 Å². The fraction of sp³-hybridized carbons (Fsp3) is 0.318. The van der Waals surface area contributed by atoms with Crippen molar-refractivity contribution in [2.45, 2.75) is 39.7 Å². The highest BCUT2D eigenvalue weighted by Gasteiger charge is 2.23. The molecule has 0 aliphatic rings. The molecule has 0 bridgehead atoms. The fourth-order valence-corrected chi connectivity index (χ4v) is 2.90. The maximum absolute atomic E-state index is 12.8. The van der Waals surface area contributed by atoms with E-state index in [-0.39, 0.29) is 24.2 Å². The van der Waals surface area contributed by atoms with Crippen LogP contribution in [0, 0.1) is 12.8 Å². The molecular weight excluding hydrogens is 354 g/mol. The number of carbonyl (C=O) groups excluding carboxylic acids is 3.